The summed E-state index contributed by atoms with van der Waals surface area (Å²) in [4.78, 5) is 23.1. The first-order chi connectivity index (χ1) is 10.8. The molecule has 0 aliphatic carbocycles. The van der Waals surface area contributed by atoms with Crippen molar-refractivity contribution in [1.29, 1.82) is 0 Å². The summed E-state index contributed by atoms with van der Waals surface area (Å²) < 4.78 is 0. The summed E-state index contributed by atoms with van der Waals surface area (Å²) in [5.74, 6) is 0.224. The molecule has 5 nitrogen and oxygen atoms in total. The Hall–Kier alpha value is -2.21. The topological polar surface area (TPSA) is 72.2 Å². The number of nitrogens with zero attached hydrogens (tertiary/aromatic N) is 1. The van der Waals surface area contributed by atoms with Gasteiger partial charge in [-0.25, -0.2) is 0 Å². The second-order valence-corrected chi connectivity index (χ2v) is 7.03. The first-order valence-corrected chi connectivity index (χ1v) is 8.31. The van der Waals surface area contributed by atoms with E-state index in [0.717, 1.165) is 28.2 Å². The third-order valence-electron chi connectivity index (χ3n) is 3.61. The minimum atomic E-state index is -0.483. The minimum absolute atomic E-state index is 0.0311. The smallest absolute Gasteiger partial charge is 0.321 e. The highest BCUT2D eigenvalue weighted by molar-refractivity contribution is 7.17. The van der Waals surface area contributed by atoms with E-state index < -0.39 is 4.92 Å². The number of hydrogen-bond acceptors (Lipinski definition) is 4. The Kier molecular flexibility index (Phi) is 5.15. The first-order valence-electron chi connectivity index (χ1n) is 7.49. The van der Waals surface area contributed by atoms with Gasteiger partial charge in [0, 0.05) is 11.8 Å². The van der Waals surface area contributed by atoms with E-state index in [-0.39, 0.29) is 22.7 Å². The summed E-state index contributed by atoms with van der Waals surface area (Å²) in [6, 6.07) is 8.85. The average Bonchev–Trinajstić information content (AvgIpc) is 2.97. The molecule has 1 amide bonds. The fourth-order valence-electron chi connectivity index (χ4n) is 2.42. The van der Waals surface area contributed by atoms with Gasteiger partial charge in [-0.15, -0.1) is 0 Å². The molecule has 6 heteroatoms. The van der Waals surface area contributed by atoms with Crippen molar-refractivity contribution in [3.05, 3.63) is 56.5 Å². The molecule has 2 rings (SSSR count). The van der Waals surface area contributed by atoms with Crippen molar-refractivity contribution in [3.8, 4) is 0 Å². The second kappa shape index (κ2) is 6.91. The Morgan fingerprint density at radius 1 is 1.09 bits per heavy atom. The van der Waals surface area contributed by atoms with Crippen LogP contribution in [0.5, 0.6) is 0 Å². The van der Waals surface area contributed by atoms with Gasteiger partial charge in [0.15, 0.2) is 0 Å². The van der Waals surface area contributed by atoms with Gasteiger partial charge in [-0.05, 0) is 29.0 Å². The van der Waals surface area contributed by atoms with Crippen LogP contribution < -0.4 is 5.32 Å². The number of amides is 1. The lowest BCUT2D eigenvalue weighted by atomic mass is 9.92. The molecule has 2 aromatic rings. The maximum Gasteiger partial charge on any atom is 0.324 e. The number of carbonyl (C=O) groups excluding carboxylic acids is 1. The number of thiophene rings is 1. The molecule has 0 saturated carbocycles. The molecule has 0 aliphatic rings. The van der Waals surface area contributed by atoms with Gasteiger partial charge in [0.2, 0.25) is 0 Å². The molecule has 0 bridgehead atoms. The van der Waals surface area contributed by atoms with E-state index in [4.69, 9.17) is 0 Å². The molecular formula is C17H20N2O3S. The van der Waals surface area contributed by atoms with Gasteiger partial charge in [-0.2, -0.15) is 0 Å². The number of rotatable bonds is 5. The lowest BCUT2D eigenvalue weighted by Gasteiger charge is -2.19. The monoisotopic (exact) mass is 332 g/mol. The normalized spacial score (nSPS) is 11.0. The third kappa shape index (κ3) is 3.76. The van der Waals surface area contributed by atoms with Crippen molar-refractivity contribution in [1.82, 2.24) is 0 Å². The molecule has 1 aromatic heterocycles. The van der Waals surface area contributed by atoms with Gasteiger partial charge in [0.05, 0.1) is 9.80 Å². The van der Waals surface area contributed by atoms with E-state index in [0.29, 0.717) is 4.88 Å². The van der Waals surface area contributed by atoms with Crippen molar-refractivity contribution in [2.75, 3.05) is 5.32 Å². The molecule has 0 saturated heterocycles. The van der Waals surface area contributed by atoms with Crippen LogP contribution in [0.25, 0.3) is 0 Å². The molecule has 23 heavy (non-hydrogen) atoms. The summed E-state index contributed by atoms with van der Waals surface area (Å²) in [5.41, 5.74) is 2.95. The number of carbonyl (C=O) groups is 1. The van der Waals surface area contributed by atoms with Crippen LogP contribution in [0.3, 0.4) is 0 Å². The van der Waals surface area contributed by atoms with E-state index in [1.54, 1.807) is 0 Å². The lowest BCUT2D eigenvalue weighted by molar-refractivity contribution is -0.380. The highest BCUT2D eigenvalue weighted by Gasteiger charge is 2.19. The molecule has 1 N–H and O–H groups in total. The quantitative estimate of drug-likeness (QED) is 0.607. The van der Waals surface area contributed by atoms with Crippen LogP contribution in [0.2, 0.25) is 0 Å². The van der Waals surface area contributed by atoms with Crippen LogP contribution in [0, 0.1) is 10.1 Å². The predicted molar refractivity (Wildman–Crippen MR) is 93.5 cm³/mol. The Balaban J connectivity index is 2.37. The van der Waals surface area contributed by atoms with Crippen LogP contribution in [0.1, 0.15) is 60.3 Å². The fourth-order valence-corrected chi connectivity index (χ4v) is 3.13. The fraction of sp³-hybridized carbons (Fsp3) is 0.353. The van der Waals surface area contributed by atoms with Gasteiger partial charge in [0.1, 0.15) is 0 Å². The van der Waals surface area contributed by atoms with Crippen LogP contribution in [-0.2, 0) is 0 Å². The molecule has 1 heterocycles. The summed E-state index contributed by atoms with van der Waals surface area (Å²) in [7, 11) is 0. The second-order valence-electron chi connectivity index (χ2n) is 5.97. The zero-order chi connectivity index (χ0) is 17.1. The lowest BCUT2D eigenvalue weighted by Crippen LogP contribution is -2.14. The molecular weight excluding hydrogens is 312 g/mol. The number of hydrogen-bond donors (Lipinski definition) is 1. The number of nitro groups is 1. The van der Waals surface area contributed by atoms with Crippen LogP contribution in [0.15, 0.2) is 30.3 Å². The van der Waals surface area contributed by atoms with E-state index in [9.17, 15) is 14.9 Å². The van der Waals surface area contributed by atoms with Gasteiger partial charge in [-0.1, -0.05) is 57.2 Å². The summed E-state index contributed by atoms with van der Waals surface area (Å²) in [5, 5.41) is 13.7. The van der Waals surface area contributed by atoms with Crippen molar-refractivity contribution in [3.63, 3.8) is 0 Å². The standard InChI is InChI=1S/C17H20N2O3S/c1-10(2)12-6-5-7-13(11(3)4)16(12)18-17(20)14-8-9-15(23-14)19(21)22/h5-11H,1-4H3,(H,18,20). The first kappa shape index (κ1) is 17.1. The summed E-state index contributed by atoms with van der Waals surface area (Å²) in [6.07, 6.45) is 0. The Morgan fingerprint density at radius 3 is 2.09 bits per heavy atom. The highest BCUT2D eigenvalue weighted by atomic mass is 32.1. The van der Waals surface area contributed by atoms with Crippen molar-refractivity contribution < 1.29 is 9.72 Å². The molecule has 122 valence electrons. The van der Waals surface area contributed by atoms with E-state index in [2.05, 4.69) is 33.0 Å². The summed E-state index contributed by atoms with van der Waals surface area (Å²) in [6.45, 7) is 8.30. The molecule has 0 fully saturated rings. The van der Waals surface area contributed by atoms with Crippen LogP contribution in [-0.4, -0.2) is 10.8 Å². The molecule has 0 atom stereocenters. The Labute approximate surface area is 139 Å². The van der Waals surface area contributed by atoms with Gasteiger partial charge >= 0.3 is 5.00 Å². The third-order valence-corrected chi connectivity index (χ3v) is 4.64. The number of benzene rings is 1. The van der Waals surface area contributed by atoms with E-state index in [1.165, 1.54) is 12.1 Å². The molecule has 0 radical (unpaired) electrons. The van der Waals surface area contributed by atoms with Gasteiger partial charge in [-0.3, -0.25) is 14.9 Å². The van der Waals surface area contributed by atoms with Gasteiger partial charge in [0.25, 0.3) is 5.91 Å². The number of nitrogens with one attached hydrogen (secondary N) is 1. The maximum atomic E-state index is 12.5. The number of anilines is 1. The molecule has 0 spiro atoms. The van der Waals surface area contributed by atoms with Crippen molar-refractivity contribution in [2.24, 2.45) is 0 Å². The largest absolute Gasteiger partial charge is 0.324 e. The molecule has 0 unspecified atom stereocenters. The van der Waals surface area contributed by atoms with E-state index >= 15 is 0 Å². The zero-order valence-corrected chi connectivity index (χ0v) is 14.4. The van der Waals surface area contributed by atoms with Crippen molar-refractivity contribution in [2.45, 2.75) is 39.5 Å². The maximum absolute atomic E-state index is 12.5. The van der Waals surface area contributed by atoms with Crippen molar-refractivity contribution >= 4 is 27.9 Å². The Bertz CT molecular complexity index is 709. The average molecular weight is 332 g/mol. The van der Waals surface area contributed by atoms with Gasteiger partial charge < -0.3 is 5.32 Å². The van der Waals surface area contributed by atoms with E-state index in [1.807, 2.05) is 18.2 Å². The SMILES string of the molecule is CC(C)c1cccc(C(C)C)c1NC(=O)c1ccc([N+](=O)[O-])s1. The number of para-hydroxylation sites is 1. The minimum Gasteiger partial charge on any atom is -0.321 e. The molecule has 0 aliphatic heterocycles. The van der Waals surface area contributed by atoms with Crippen LogP contribution in [0.4, 0.5) is 10.7 Å². The molecule has 1 aromatic carbocycles. The zero-order valence-electron chi connectivity index (χ0n) is 13.6. The highest BCUT2D eigenvalue weighted by Crippen LogP contribution is 2.33. The summed E-state index contributed by atoms with van der Waals surface area (Å²) >= 11 is 0.886. The Morgan fingerprint density at radius 2 is 1.65 bits per heavy atom. The van der Waals surface area contributed by atoms with Crippen LogP contribution >= 0.6 is 11.3 Å². The predicted octanol–water partition coefficient (Wildman–Crippen LogP) is 5.16.